The van der Waals surface area contributed by atoms with E-state index in [-0.39, 0.29) is 0 Å². The number of thiocarbonyl (C=S) groups is 1. The molecule has 0 bridgehead atoms. The zero-order chi connectivity index (χ0) is 13.0. The van der Waals surface area contributed by atoms with Crippen LogP contribution in [0.4, 0.5) is 5.69 Å². The maximum atomic E-state index is 4.59. The summed E-state index contributed by atoms with van der Waals surface area (Å²) in [6.45, 7) is 8.07. The van der Waals surface area contributed by atoms with Gasteiger partial charge in [-0.1, -0.05) is 13.8 Å². The molecule has 0 N–H and O–H groups in total. The van der Waals surface area contributed by atoms with Crippen molar-refractivity contribution in [3.05, 3.63) is 12.4 Å². The van der Waals surface area contributed by atoms with Crippen LogP contribution in [0.1, 0.15) is 32.7 Å². The molecule has 2 heterocycles. The van der Waals surface area contributed by atoms with E-state index in [2.05, 4.69) is 46.2 Å². The zero-order valence-electron chi connectivity index (χ0n) is 11.0. The third-order valence-corrected chi connectivity index (χ3v) is 3.41. The van der Waals surface area contributed by atoms with Gasteiger partial charge in [-0.15, -0.1) is 0 Å². The van der Waals surface area contributed by atoms with Gasteiger partial charge < -0.3 is 4.90 Å². The molecule has 0 unspecified atom stereocenters. The molecule has 1 fully saturated rings. The van der Waals surface area contributed by atoms with Crippen LogP contribution in [0, 0.1) is 5.92 Å². The highest BCUT2D eigenvalue weighted by Crippen LogP contribution is 2.24. The van der Waals surface area contributed by atoms with Crippen LogP contribution < -0.4 is 0 Å². The molecule has 2 rings (SSSR count). The van der Waals surface area contributed by atoms with Gasteiger partial charge in [0.15, 0.2) is 0 Å². The van der Waals surface area contributed by atoms with Crippen molar-refractivity contribution in [2.45, 2.75) is 32.7 Å². The van der Waals surface area contributed by atoms with Gasteiger partial charge in [0.25, 0.3) is 0 Å². The first kappa shape index (κ1) is 13.4. The molecule has 0 radical (unpaired) electrons. The number of rotatable bonds is 4. The average molecular weight is 264 g/mol. The molecule has 0 aliphatic carbocycles. The number of nitrogens with zero attached hydrogens (tertiary/aromatic N) is 4. The van der Waals surface area contributed by atoms with Crippen molar-refractivity contribution < 1.29 is 0 Å². The summed E-state index contributed by atoms with van der Waals surface area (Å²) in [4.78, 5) is 6.49. The lowest BCUT2D eigenvalue weighted by atomic mass is 10.0. The Morgan fingerprint density at radius 1 is 1.50 bits per heavy atom. The fourth-order valence-corrected chi connectivity index (χ4v) is 2.63. The number of likely N-dealkylation sites (tertiary alicyclic amines) is 1. The second-order valence-electron chi connectivity index (χ2n) is 5.31. The van der Waals surface area contributed by atoms with Crippen LogP contribution in [0.25, 0.3) is 0 Å². The summed E-state index contributed by atoms with van der Waals surface area (Å²) in [6.07, 6.45) is 6.03. The second kappa shape index (κ2) is 6.23. The normalized spacial score (nSPS) is 17.9. The Morgan fingerprint density at radius 3 is 2.83 bits per heavy atom. The van der Waals surface area contributed by atoms with Crippen molar-refractivity contribution in [1.29, 1.82) is 0 Å². The van der Waals surface area contributed by atoms with E-state index in [1.165, 1.54) is 6.54 Å². The SMILES string of the molecule is CC(C)CN1CCC(n2cc(N=C=S)cn2)CC1. The molecule has 0 spiro atoms. The van der Waals surface area contributed by atoms with Crippen molar-refractivity contribution in [1.82, 2.24) is 14.7 Å². The number of aliphatic imine (C=N–C) groups is 1. The first-order valence-corrected chi connectivity index (χ1v) is 6.94. The predicted octanol–water partition coefficient (Wildman–Crippen LogP) is 2.91. The molecule has 1 aromatic rings. The molecule has 0 amide bonds. The number of hydrogen-bond donors (Lipinski definition) is 0. The first-order valence-electron chi connectivity index (χ1n) is 6.53. The Morgan fingerprint density at radius 2 is 2.22 bits per heavy atom. The van der Waals surface area contributed by atoms with E-state index < -0.39 is 0 Å². The lowest BCUT2D eigenvalue weighted by Gasteiger charge is -2.32. The zero-order valence-corrected chi connectivity index (χ0v) is 11.9. The molecule has 0 aromatic carbocycles. The summed E-state index contributed by atoms with van der Waals surface area (Å²) in [7, 11) is 0. The smallest absolute Gasteiger partial charge is 0.112 e. The fourth-order valence-electron chi connectivity index (χ4n) is 2.52. The van der Waals surface area contributed by atoms with Crippen molar-refractivity contribution in [3.63, 3.8) is 0 Å². The minimum Gasteiger partial charge on any atom is -0.303 e. The predicted molar refractivity (Wildman–Crippen MR) is 76.5 cm³/mol. The topological polar surface area (TPSA) is 33.4 Å². The van der Waals surface area contributed by atoms with Gasteiger partial charge in [-0.05, 0) is 31.0 Å². The van der Waals surface area contributed by atoms with Crippen LogP contribution in [0.15, 0.2) is 17.4 Å². The highest BCUT2D eigenvalue weighted by molar-refractivity contribution is 7.78. The van der Waals surface area contributed by atoms with E-state index in [1.807, 2.05) is 10.9 Å². The molecule has 4 nitrogen and oxygen atoms in total. The van der Waals surface area contributed by atoms with E-state index in [4.69, 9.17) is 0 Å². The summed E-state index contributed by atoms with van der Waals surface area (Å²) in [5.41, 5.74) is 0.801. The van der Waals surface area contributed by atoms with Crippen LogP contribution in [0.2, 0.25) is 0 Å². The van der Waals surface area contributed by atoms with Crippen LogP contribution in [0.5, 0.6) is 0 Å². The fraction of sp³-hybridized carbons (Fsp3) is 0.692. The van der Waals surface area contributed by atoms with Crippen LogP contribution in [0.3, 0.4) is 0 Å². The third-order valence-electron chi connectivity index (χ3n) is 3.32. The summed E-state index contributed by atoms with van der Waals surface area (Å²) < 4.78 is 2.03. The molecular formula is C13H20N4S. The Kier molecular flexibility index (Phi) is 4.64. The highest BCUT2D eigenvalue weighted by atomic mass is 32.1. The average Bonchev–Trinajstić information content (AvgIpc) is 2.78. The number of piperidine rings is 1. The lowest BCUT2D eigenvalue weighted by molar-refractivity contribution is 0.164. The first-order chi connectivity index (χ1) is 8.69. The minimum absolute atomic E-state index is 0.502. The van der Waals surface area contributed by atoms with Gasteiger partial charge in [0, 0.05) is 19.6 Å². The molecule has 18 heavy (non-hydrogen) atoms. The van der Waals surface area contributed by atoms with Gasteiger partial charge in [0.05, 0.1) is 23.6 Å². The molecule has 98 valence electrons. The Bertz CT molecular complexity index is 426. The molecule has 1 aromatic heterocycles. The third kappa shape index (κ3) is 3.48. The number of aromatic nitrogens is 2. The van der Waals surface area contributed by atoms with Crippen LogP contribution in [-0.2, 0) is 0 Å². The van der Waals surface area contributed by atoms with Gasteiger partial charge in [0.1, 0.15) is 5.69 Å². The molecule has 1 saturated heterocycles. The number of isothiocyanates is 1. The van der Waals surface area contributed by atoms with Crippen LogP contribution >= 0.6 is 12.2 Å². The number of hydrogen-bond acceptors (Lipinski definition) is 4. The standard InChI is InChI=1S/C13H20N4S/c1-11(2)8-16-5-3-13(4-6-16)17-9-12(7-15-17)14-10-18/h7,9,11,13H,3-6,8H2,1-2H3. The summed E-state index contributed by atoms with van der Waals surface area (Å²) in [6, 6.07) is 0.502. The largest absolute Gasteiger partial charge is 0.303 e. The van der Waals surface area contributed by atoms with Gasteiger partial charge in [-0.25, -0.2) is 0 Å². The quantitative estimate of drug-likeness (QED) is 0.619. The van der Waals surface area contributed by atoms with Crippen molar-refractivity contribution in [2.75, 3.05) is 19.6 Å². The van der Waals surface area contributed by atoms with E-state index in [9.17, 15) is 0 Å². The maximum absolute atomic E-state index is 4.59. The molecule has 0 saturated carbocycles. The highest BCUT2D eigenvalue weighted by Gasteiger charge is 2.21. The molecule has 5 heteroatoms. The van der Waals surface area contributed by atoms with Gasteiger partial charge in [0.2, 0.25) is 0 Å². The summed E-state index contributed by atoms with van der Waals surface area (Å²) >= 11 is 4.59. The van der Waals surface area contributed by atoms with Gasteiger partial charge >= 0.3 is 0 Å². The van der Waals surface area contributed by atoms with Gasteiger partial charge in [-0.2, -0.15) is 10.1 Å². The molecule has 0 atom stereocenters. The Hall–Kier alpha value is -1.03. The summed E-state index contributed by atoms with van der Waals surface area (Å²) in [5, 5.41) is 6.74. The molecule has 1 aliphatic heterocycles. The van der Waals surface area contributed by atoms with E-state index in [1.54, 1.807) is 6.20 Å². The summed E-state index contributed by atoms with van der Waals surface area (Å²) in [5.74, 6) is 0.745. The Balaban J connectivity index is 1.90. The van der Waals surface area contributed by atoms with Crippen molar-refractivity contribution >= 4 is 23.1 Å². The van der Waals surface area contributed by atoms with Crippen LogP contribution in [-0.4, -0.2) is 39.5 Å². The molecule has 1 aliphatic rings. The Labute approximate surface area is 114 Å². The van der Waals surface area contributed by atoms with Crippen molar-refractivity contribution in [2.24, 2.45) is 10.9 Å². The monoisotopic (exact) mass is 264 g/mol. The maximum Gasteiger partial charge on any atom is 0.112 e. The van der Waals surface area contributed by atoms with Crippen molar-refractivity contribution in [3.8, 4) is 0 Å². The van der Waals surface area contributed by atoms with E-state index in [0.29, 0.717) is 6.04 Å². The van der Waals surface area contributed by atoms with E-state index >= 15 is 0 Å². The molecular weight excluding hydrogens is 244 g/mol. The van der Waals surface area contributed by atoms with E-state index in [0.717, 1.165) is 37.5 Å². The second-order valence-corrected chi connectivity index (χ2v) is 5.49. The van der Waals surface area contributed by atoms with Gasteiger partial charge in [-0.3, -0.25) is 4.68 Å². The minimum atomic E-state index is 0.502. The lowest BCUT2D eigenvalue weighted by Crippen LogP contribution is -2.36.